The lowest BCUT2D eigenvalue weighted by Gasteiger charge is -2.28. The van der Waals surface area contributed by atoms with Gasteiger partial charge in [-0.25, -0.2) is 4.79 Å². The van der Waals surface area contributed by atoms with Gasteiger partial charge < -0.3 is 37.0 Å². The molecule has 35 heavy (non-hydrogen) atoms. The van der Waals surface area contributed by atoms with Gasteiger partial charge in [0.25, 0.3) is 0 Å². The van der Waals surface area contributed by atoms with Crippen molar-refractivity contribution in [3.8, 4) is 5.75 Å². The lowest BCUT2D eigenvalue weighted by atomic mass is 9.96. The Labute approximate surface area is 205 Å². The van der Waals surface area contributed by atoms with Gasteiger partial charge in [0.1, 0.15) is 29.9 Å². The van der Waals surface area contributed by atoms with E-state index in [1.807, 2.05) is 20.8 Å². The lowest BCUT2D eigenvalue weighted by Crippen LogP contribution is -2.59. The number of benzene rings is 1. The fourth-order valence-electron chi connectivity index (χ4n) is 3.35. The minimum absolute atomic E-state index is 0.00845. The molecule has 0 saturated heterocycles. The number of hydrogen-bond donors (Lipinski definition) is 7. The Morgan fingerprint density at radius 1 is 0.914 bits per heavy atom. The number of aromatic hydroxyl groups is 1. The van der Waals surface area contributed by atoms with Gasteiger partial charge in [0.05, 0.1) is 6.61 Å². The van der Waals surface area contributed by atoms with Crippen molar-refractivity contribution in [2.75, 3.05) is 6.61 Å². The highest BCUT2D eigenvalue weighted by Crippen LogP contribution is 2.13. The van der Waals surface area contributed by atoms with E-state index in [1.165, 1.54) is 12.1 Å². The van der Waals surface area contributed by atoms with Gasteiger partial charge in [-0.05, 0) is 36.0 Å². The van der Waals surface area contributed by atoms with E-state index in [2.05, 4.69) is 16.0 Å². The second kappa shape index (κ2) is 14.3. The highest BCUT2D eigenvalue weighted by Gasteiger charge is 2.32. The molecule has 1 rings (SSSR count). The van der Waals surface area contributed by atoms with Crippen molar-refractivity contribution in [3.63, 3.8) is 0 Å². The third kappa shape index (κ3) is 9.91. The molecule has 8 N–H and O–H groups in total. The van der Waals surface area contributed by atoms with Crippen LogP contribution in [0.3, 0.4) is 0 Å². The molecule has 0 saturated carbocycles. The number of carbonyl (C=O) groups is 4. The number of nitrogens with two attached hydrogens (primary N) is 1. The van der Waals surface area contributed by atoms with Crippen molar-refractivity contribution < 1.29 is 34.5 Å². The first-order chi connectivity index (χ1) is 16.4. The SMILES string of the molecule is CCC(C)C(NC(=O)C(N)CO)C(=O)NC(CC(C)C)C(=O)NC(Cc1ccc(O)cc1)C(=O)O. The Morgan fingerprint density at radius 2 is 1.49 bits per heavy atom. The van der Waals surface area contributed by atoms with Crippen LogP contribution in [0.4, 0.5) is 0 Å². The van der Waals surface area contributed by atoms with Crippen molar-refractivity contribution in [1.82, 2.24) is 16.0 Å². The fourth-order valence-corrected chi connectivity index (χ4v) is 3.35. The number of aliphatic carboxylic acids is 1. The van der Waals surface area contributed by atoms with E-state index in [0.717, 1.165) is 0 Å². The molecule has 0 heterocycles. The van der Waals surface area contributed by atoms with E-state index >= 15 is 0 Å². The van der Waals surface area contributed by atoms with E-state index in [-0.39, 0.29) is 30.4 Å². The molecule has 5 unspecified atom stereocenters. The zero-order chi connectivity index (χ0) is 26.7. The summed E-state index contributed by atoms with van der Waals surface area (Å²) in [7, 11) is 0. The summed E-state index contributed by atoms with van der Waals surface area (Å²) in [6, 6.07) is 1.46. The zero-order valence-corrected chi connectivity index (χ0v) is 20.7. The first kappa shape index (κ1) is 29.9. The summed E-state index contributed by atoms with van der Waals surface area (Å²) in [6.45, 7) is 6.71. The predicted molar refractivity (Wildman–Crippen MR) is 129 cm³/mol. The van der Waals surface area contributed by atoms with Crippen LogP contribution in [0.1, 0.15) is 46.1 Å². The normalized spacial score (nSPS) is 15.4. The maximum atomic E-state index is 13.1. The standard InChI is InChI=1S/C24H38N4O7/c1-5-14(4)20(28-21(31)17(25)12-29)23(33)26-18(10-13(2)3)22(32)27-19(24(34)35)11-15-6-8-16(30)9-7-15/h6-9,13-14,17-20,29-30H,5,10-12,25H2,1-4H3,(H,26,33)(H,27,32)(H,28,31)(H,34,35). The highest BCUT2D eigenvalue weighted by atomic mass is 16.4. The number of aliphatic hydroxyl groups is 1. The molecule has 196 valence electrons. The van der Waals surface area contributed by atoms with Crippen LogP contribution in [0.2, 0.25) is 0 Å². The number of phenols is 1. The third-order valence-electron chi connectivity index (χ3n) is 5.66. The van der Waals surface area contributed by atoms with Gasteiger partial charge in [0, 0.05) is 6.42 Å². The van der Waals surface area contributed by atoms with Gasteiger partial charge >= 0.3 is 5.97 Å². The topological polar surface area (TPSA) is 191 Å². The Balaban J connectivity index is 3.03. The van der Waals surface area contributed by atoms with Crippen molar-refractivity contribution in [3.05, 3.63) is 29.8 Å². The number of amides is 3. The molecule has 0 bridgehead atoms. The Bertz CT molecular complexity index is 860. The third-order valence-corrected chi connectivity index (χ3v) is 5.66. The lowest BCUT2D eigenvalue weighted by molar-refractivity contribution is -0.142. The highest BCUT2D eigenvalue weighted by molar-refractivity contribution is 5.94. The number of phenolic OH excluding ortho intramolecular Hbond substituents is 1. The van der Waals surface area contributed by atoms with Gasteiger partial charge in [-0.15, -0.1) is 0 Å². The van der Waals surface area contributed by atoms with Gasteiger partial charge in [0.15, 0.2) is 0 Å². The zero-order valence-electron chi connectivity index (χ0n) is 20.7. The largest absolute Gasteiger partial charge is 0.508 e. The second-order valence-corrected chi connectivity index (χ2v) is 9.12. The molecular weight excluding hydrogens is 456 g/mol. The molecule has 0 aliphatic heterocycles. The smallest absolute Gasteiger partial charge is 0.326 e. The molecule has 0 spiro atoms. The van der Waals surface area contributed by atoms with Crippen LogP contribution in [-0.2, 0) is 25.6 Å². The Morgan fingerprint density at radius 3 is 1.97 bits per heavy atom. The maximum Gasteiger partial charge on any atom is 0.326 e. The van der Waals surface area contributed by atoms with E-state index < -0.39 is 54.5 Å². The van der Waals surface area contributed by atoms with E-state index in [4.69, 9.17) is 10.8 Å². The molecular formula is C24H38N4O7. The molecule has 0 radical (unpaired) electrons. The average Bonchev–Trinajstić information content (AvgIpc) is 2.81. The van der Waals surface area contributed by atoms with Crippen molar-refractivity contribution in [2.24, 2.45) is 17.6 Å². The fraction of sp³-hybridized carbons (Fsp3) is 0.583. The molecule has 0 fully saturated rings. The van der Waals surface area contributed by atoms with E-state index in [0.29, 0.717) is 12.0 Å². The first-order valence-corrected chi connectivity index (χ1v) is 11.7. The molecule has 1 aromatic carbocycles. The quantitative estimate of drug-likeness (QED) is 0.186. The van der Waals surface area contributed by atoms with Crippen LogP contribution in [0.5, 0.6) is 5.75 Å². The minimum atomic E-state index is -1.26. The van der Waals surface area contributed by atoms with Gasteiger partial charge in [-0.2, -0.15) is 0 Å². The van der Waals surface area contributed by atoms with Gasteiger partial charge in [0.2, 0.25) is 17.7 Å². The van der Waals surface area contributed by atoms with Crippen LogP contribution in [0.15, 0.2) is 24.3 Å². The van der Waals surface area contributed by atoms with Crippen LogP contribution in [0.25, 0.3) is 0 Å². The number of carboxylic acid groups (broad SMARTS) is 1. The monoisotopic (exact) mass is 494 g/mol. The van der Waals surface area contributed by atoms with Gasteiger partial charge in [-0.3, -0.25) is 14.4 Å². The van der Waals surface area contributed by atoms with Crippen molar-refractivity contribution in [2.45, 2.75) is 71.1 Å². The summed E-state index contributed by atoms with van der Waals surface area (Å²) < 4.78 is 0. The summed E-state index contributed by atoms with van der Waals surface area (Å²) in [5, 5.41) is 35.8. The molecule has 0 aliphatic carbocycles. The van der Waals surface area contributed by atoms with Gasteiger partial charge in [-0.1, -0.05) is 46.2 Å². The maximum absolute atomic E-state index is 13.1. The molecule has 11 nitrogen and oxygen atoms in total. The average molecular weight is 495 g/mol. The molecule has 1 aromatic rings. The number of carbonyl (C=O) groups excluding carboxylic acids is 3. The summed E-state index contributed by atoms with van der Waals surface area (Å²) in [5.74, 6) is -3.49. The first-order valence-electron chi connectivity index (χ1n) is 11.7. The van der Waals surface area contributed by atoms with Crippen molar-refractivity contribution in [1.29, 1.82) is 0 Å². The van der Waals surface area contributed by atoms with E-state index in [9.17, 15) is 29.4 Å². The minimum Gasteiger partial charge on any atom is -0.508 e. The number of rotatable bonds is 14. The number of hydrogen-bond acceptors (Lipinski definition) is 7. The molecule has 11 heteroatoms. The number of carboxylic acids is 1. The summed E-state index contributed by atoms with van der Waals surface area (Å²) >= 11 is 0. The Hall–Kier alpha value is -3.18. The summed E-state index contributed by atoms with van der Waals surface area (Å²) in [6.07, 6.45) is 0.760. The molecule has 0 aliphatic rings. The predicted octanol–water partition coefficient (Wildman–Crippen LogP) is -0.114. The number of aliphatic hydroxyl groups excluding tert-OH is 1. The summed E-state index contributed by atoms with van der Waals surface area (Å²) in [4.78, 5) is 50.1. The van der Waals surface area contributed by atoms with Crippen LogP contribution in [0, 0.1) is 11.8 Å². The van der Waals surface area contributed by atoms with Crippen LogP contribution < -0.4 is 21.7 Å². The number of nitrogens with one attached hydrogen (secondary N) is 3. The van der Waals surface area contributed by atoms with Crippen LogP contribution >= 0.6 is 0 Å². The molecule has 0 aromatic heterocycles. The van der Waals surface area contributed by atoms with E-state index in [1.54, 1.807) is 19.1 Å². The Kier molecular flexibility index (Phi) is 12.2. The summed E-state index contributed by atoms with van der Waals surface area (Å²) in [5.41, 5.74) is 6.15. The van der Waals surface area contributed by atoms with Crippen molar-refractivity contribution >= 4 is 23.7 Å². The molecule has 3 amide bonds. The second-order valence-electron chi connectivity index (χ2n) is 9.12. The molecule has 5 atom stereocenters. The van der Waals surface area contributed by atoms with Crippen LogP contribution in [-0.4, -0.2) is 69.8 Å².